The quantitative estimate of drug-likeness (QED) is 0.245. The van der Waals surface area contributed by atoms with Crippen LogP contribution in [0.2, 0.25) is 5.15 Å². The fourth-order valence-electron chi connectivity index (χ4n) is 4.54. The summed E-state index contributed by atoms with van der Waals surface area (Å²) in [5.41, 5.74) is 4.93. The maximum Gasteiger partial charge on any atom is 0.259 e. The summed E-state index contributed by atoms with van der Waals surface area (Å²) in [4.78, 5) is 39.3. The van der Waals surface area contributed by atoms with Gasteiger partial charge < -0.3 is 4.74 Å². The first kappa shape index (κ1) is 24.1. The highest BCUT2D eigenvalue weighted by molar-refractivity contribution is 7.17. The van der Waals surface area contributed by atoms with Gasteiger partial charge in [0.25, 0.3) is 5.91 Å². The minimum Gasteiger partial charge on any atom is -0.494 e. The van der Waals surface area contributed by atoms with E-state index in [0.29, 0.717) is 44.8 Å². The van der Waals surface area contributed by atoms with Crippen molar-refractivity contribution in [3.63, 3.8) is 0 Å². The Morgan fingerprint density at radius 1 is 1.06 bits per heavy atom. The third-order valence-corrected chi connectivity index (χ3v) is 7.40. The molecule has 1 aliphatic carbocycles. The smallest absolute Gasteiger partial charge is 0.259 e. The van der Waals surface area contributed by atoms with Crippen molar-refractivity contribution in [3.05, 3.63) is 87.4 Å². The molecule has 7 nitrogen and oxygen atoms in total. The average Bonchev–Trinajstić information content (AvgIpc) is 3.50. The highest BCUT2D eigenvalue weighted by atomic mass is 35.5. The maximum absolute atomic E-state index is 13.2. The number of nitrogens with zero attached hydrogens (tertiary/aromatic N) is 3. The maximum atomic E-state index is 13.2. The van der Waals surface area contributed by atoms with E-state index >= 15 is 0 Å². The molecule has 1 aromatic carbocycles. The summed E-state index contributed by atoms with van der Waals surface area (Å²) in [6.07, 6.45) is 6.83. The number of hydrogen-bond donors (Lipinski definition) is 1. The topological polar surface area (TPSA) is 94.1 Å². The van der Waals surface area contributed by atoms with Gasteiger partial charge in [-0.25, -0.2) is 9.97 Å². The van der Waals surface area contributed by atoms with E-state index in [4.69, 9.17) is 16.3 Å². The highest BCUT2D eigenvalue weighted by Crippen LogP contribution is 2.35. The van der Waals surface area contributed by atoms with Crippen molar-refractivity contribution >= 4 is 39.8 Å². The number of ether oxygens (including phenoxy) is 1. The van der Waals surface area contributed by atoms with Crippen LogP contribution < -0.4 is 10.1 Å². The van der Waals surface area contributed by atoms with Gasteiger partial charge in [0.1, 0.15) is 10.9 Å². The van der Waals surface area contributed by atoms with Crippen molar-refractivity contribution in [1.29, 1.82) is 0 Å². The lowest BCUT2D eigenvalue weighted by Crippen LogP contribution is -2.14. The number of benzene rings is 1. The lowest BCUT2D eigenvalue weighted by Gasteiger charge is -2.13. The van der Waals surface area contributed by atoms with E-state index in [9.17, 15) is 9.59 Å². The first-order valence-corrected chi connectivity index (χ1v) is 12.6. The predicted molar refractivity (Wildman–Crippen MR) is 140 cm³/mol. The molecule has 0 atom stereocenters. The molecule has 0 spiro atoms. The second kappa shape index (κ2) is 10.2. The third kappa shape index (κ3) is 5.01. The Bertz CT molecular complexity index is 1440. The van der Waals surface area contributed by atoms with E-state index in [1.54, 1.807) is 12.1 Å². The van der Waals surface area contributed by atoms with Crippen LogP contribution in [0.5, 0.6) is 5.75 Å². The summed E-state index contributed by atoms with van der Waals surface area (Å²) in [7, 11) is 1.53. The van der Waals surface area contributed by atoms with E-state index in [-0.39, 0.29) is 10.9 Å². The Labute approximate surface area is 217 Å². The summed E-state index contributed by atoms with van der Waals surface area (Å²) in [6.45, 7) is 1.84. The van der Waals surface area contributed by atoms with Crippen LogP contribution >= 0.6 is 22.9 Å². The molecule has 3 aromatic heterocycles. The van der Waals surface area contributed by atoms with Gasteiger partial charge in [-0.15, -0.1) is 0 Å². The number of fused-ring (bicyclic) bond motifs is 1. The summed E-state index contributed by atoms with van der Waals surface area (Å²) in [6, 6.07) is 11.8. The van der Waals surface area contributed by atoms with Crippen LogP contribution in [0.3, 0.4) is 0 Å². The molecule has 4 aromatic rings. The largest absolute Gasteiger partial charge is 0.494 e. The van der Waals surface area contributed by atoms with Gasteiger partial charge in [0, 0.05) is 29.4 Å². The number of rotatable bonds is 7. The molecule has 0 unspecified atom stereocenters. The Morgan fingerprint density at radius 2 is 1.81 bits per heavy atom. The van der Waals surface area contributed by atoms with Gasteiger partial charge in [-0.1, -0.05) is 47.2 Å². The molecule has 0 aliphatic heterocycles. The van der Waals surface area contributed by atoms with E-state index in [1.807, 2.05) is 19.1 Å². The van der Waals surface area contributed by atoms with Crippen LogP contribution in [0, 0.1) is 12.8 Å². The van der Waals surface area contributed by atoms with Crippen molar-refractivity contribution in [2.45, 2.75) is 26.2 Å². The minimum absolute atomic E-state index is 0.0414. The van der Waals surface area contributed by atoms with Gasteiger partial charge in [-0.05, 0) is 48.9 Å². The van der Waals surface area contributed by atoms with Gasteiger partial charge in [0.2, 0.25) is 0 Å². The average molecular weight is 519 g/mol. The summed E-state index contributed by atoms with van der Waals surface area (Å²) >= 11 is 7.30. The van der Waals surface area contributed by atoms with Gasteiger partial charge in [0.15, 0.2) is 10.9 Å². The number of methoxy groups -OCH3 is 1. The molecule has 1 aliphatic rings. The first-order chi connectivity index (χ1) is 17.4. The number of halogens is 1. The van der Waals surface area contributed by atoms with Gasteiger partial charge in [-0.2, -0.15) is 0 Å². The standard InChI is InChI=1S/C27H23ClN4O3S/c1-15-7-19(20-11-25(28)30-13-23(20)35-2)21(12-29-15)26(34)32-27-31-14-24(36-27)22(33)10-16-8-17-5-3-4-6-18(17)9-16/h3-7,11-14,16H,8-10H2,1-2H3,(H,31,32,34). The number of pyridine rings is 2. The van der Waals surface area contributed by atoms with E-state index in [1.165, 1.54) is 48.2 Å². The fourth-order valence-corrected chi connectivity index (χ4v) is 5.45. The normalized spacial score (nSPS) is 12.9. The molecule has 182 valence electrons. The number of carbonyl (C=O) groups is 2. The lowest BCUT2D eigenvalue weighted by atomic mass is 9.99. The van der Waals surface area contributed by atoms with Crippen LogP contribution in [0.4, 0.5) is 5.13 Å². The SMILES string of the molecule is COc1cnc(Cl)cc1-c1cc(C)ncc1C(=O)Nc1ncc(C(=O)CC2Cc3ccccc3C2)s1. The Balaban J connectivity index is 1.32. The van der Waals surface area contributed by atoms with Crippen molar-refractivity contribution in [2.24, 2.45) is 5.92 Å². The fraction of sp³-hybridized carbons (Fsp3) is 0.222. The zero-order valence-electron chi connectivity index (χ0n) is 19.7. The molecular formula is C27H23ClN4O3S. The van der Waals surface area contributed by atoms with Crippen LogP contribution in [0.25, 0.3) is 11.1 Å². The second-order valence-corrected chi connectivity index (χ2v) is 10.2. The molecule has 0 radical (unpaired) electrons. The predicted octanol–water partition coefficient (Wildman–Crippen LogP) is 5.81. The number of nitrogens with one attached hydrogen (secondary N) is 1. The van der Waals surface area contributed by atoms with Crippen LogP contribution in [-0.2, 0) is 12.8 Å². The third-order valence-electron chi connectivity index (χ3n) is 6.24. The van der Waals surface area contributed by atoms with Crippen molar-refractivity contribution in [1.82, 2.24) is 15.0 Å². The Morgan fingerprint density at radius 3 is 2.53 bits per heavy atom. The molecule has 0 saturated heterocycles. The molecule has 36 heavy (non-hydrogen) atoms. The zero-order valence-corrected chi connectivity index (χ0v) is 21.3. The monoisotopic (exact) mass is 518 g/mol. The second-order valence-electron chi connectivity index (χ2n) is 8.73. The van der Waals surface area contributed by atoms with Gasteiger partial charge >= 0.3 is 0 Å². The number of thiazole rings is 1. The minimum atomic E-state index is -0.396. The summed E-state index contributed by atoms with van der Waals surface area (Å²) in [5, 5.41) is 3.44. The number of ketones is 1. The Hall–Kier alpha value is -3.62. The Kier molecular flexibility index (Phi) is 6.80. The number of carbonyl (C=O) groups excluding carboxylic acids is 2. The molecule has 1 amide bonds. The van der Waals surface area contributed by atoms with Crippen LogP contribution in [-0.4, -0.2) is 33.8 Å². The molecule has 1 N–H and O–H groups in total. The van der Waals surface area contributed by atoms with Crippen LogP contribution in [0.15, 0.2) is 55.0 Å². The number of hydrogen-bond acceptors (Lipinski definition) is 7. The van der Waals surface area contributed by atoms with Crippen molar-refractivity contribution < 1.29 is 14.3 Å². The van der Waals surface area contributed by atoms with E-state index in [0.717, 1.165) is 18.5 Å². The highest BCUT2D eigenvalue weighted by Gasteiger charge is 2.25. The molecular weight excluding hydrogens is 496 g/mol. The number of aromatic nitrogens is 3. The zero-order chi connectivity index (χ0) is 25.2. The van der Waals surface area contributed by atoms with Gasteiger partial charge in [-0.3, -0.25) is 19.9 Å². The molecule has 9 heteroatoms. The number of anilines is 1. The van der Waals surface area contributed by atoms with E-state index < -0.39 is 5.91 Å². The molecule has 0 saturated carbocycles. The van der Waals surface area contributed by atoms with E-state index in [2.05, 4.69) is 32.4 Å². The summed E-state index contributed by atoms with van der Waals surface area (Å²) < 4.78 is 5.43. The first-order valence-electron chi connectivity index (χ1n) is 11.4. The number of amides is 1. The number of Topliss-reactive ketones (excluding diaryl/α,β-unsaturated/α-hetero) is 1. The number of aryl methyl sites for hydroxylation is 1. The van der Waals surface area contributed by atoms with Crippen molar-refractivity contribution in [3.8, 4) is 16.9 Å². The van der Waals surface area contributed by atoms with Crippen LogP contribution in [0.1, 0.15) is 43.3 Å². The van der Waals surface area contributed by atoms with Gasteiger partial charge in [0.05, 0.1) is 29.9 Å². The molecule has 0 bridgehead atoms. The molecule has 3 heterocycles. The van der Waals surface area contributed by atoms with Crippen molar-refractivity contribution in [2.75, 3.05) is 12.4 Å². The molecule has 0 fully saturated rings. The lowest BCUT2D eigenvalue weighted by molar-refractivity contribution is 0.0965. The summed E-state index contributed by atoms with van der Waals surface area (Å²) in [5.74, 6) is 0.417. The molecule has 5 rings (SSSR count).